The summed E-state index contributed by atoms with van der Waals surface area (Å²) in [6.45, 7) is 2.58. The van der Waals surface area contributed by atoms with Gasteiger partial charge in [-0.25, -0.2) is 4.79 Å². The average molecular weight is 267 g/mol. The van der Waals surface area contributed by atoms with E-state index >= 15 is 0 Å². The van der Waals surface area contributed by atoms with Gasteiger partial charge in [-0.3, -0.25) is 0 Å². The average Bonchev–Trinajstić information content (AvgIpc) is 2.74. The number of urea groups is 1. The van der Waals surface area contributed by atoms with E-state index in [0.717, 1.165) is 32.4 Å². The lowest BCUT2D eigenvalue weighted by atomic mass is 9.84. The normalized spacial score (nSPS) is 28.8. The van der Waals surface area contributed by atoms with Crippen molar-refractivity contribution in [2.75, 3.05) is 26.7 Å². The number of nitrogens with two attached hydrogens (primary N) is 1. The first-order chi connectivity index (χ1) is 9.24. The van der Waals surface area contributed by atoms with Crippen LogP contribution in [0.5, 0.6) is 0 Å². The summed E-state index contributed by atoms with van der Waals surface area (Å²) in [5, 5.41) is 0. The molecule has 19 heavy (non-hydrogen) atoms. The molecule has 2 aliphatic rings. The van der Waals surface area contributed by atoms with Gasteiger partial charge in [-0.15, -0.1) is 0 Å². The lowest BCUT2D eigenvalue weighted by Crippen LogP contribution is -2.51. The van der Waals surface area contributed by atoms with E-state index < -0.39 is 0 Å². The topological polar surface area (TPSA) is 49.6 Å². The molecule has 2 N–H and O–H groups in total. The van der Waals surface area contributed by atoms with E-state index in [2.05, 4.69) is 4.90 Å². The van der Waals surface area contributed by atoms with Crippen LogP contribution in [0, 0.1) is 5.92 Å². The van der Waals surface area contributed by atoms with Crippen molar-refractivity contribution in [3.8, 4) is 0 Å². The number of amides is 2. The van der Waals surface area contributed by atoms with Crippen LogP contribution in [0.25, 0.3) is 0 Å². The minimum absolute atomic E-state index is 0.229. The third-order valence-corrected chi connectivity index (χ3v) is 4.85. The molecule has 110 valence electrons. The SMILES string of the molecule is CN(C(=O)N1CCCCCC1)C1CCCCC1CN. The Morgan fingerprint density at radius 2 is 1.74 bits per heavy atom. The summed E-state index contributed by atoms with van der Waals surface area (Å²) in [7, 11) is 1.98. The molecule has 1 saturated carbocycles. The van der Waals surface area contributed by atoms with Crippen molar-refractivity contribution in [2.24, 2.45) is 11.7 Å². The van der Waals surface area contributed by atoms with E-state index in [1.807, 2.05) is 11.9 Å². The molecule has 2 amide bonds. The molecule has 0 spiro atoms. The molecule has 0 aromatic carbocycles. The zero-order valence-electron chi connectivity index (χ0n) is 12.3. The summed E-state index contributed by atoms with van der Waals surface area (Å²) < 4.78 is 0. The third kappa shape index (κ3) is 3.62. The van der Waals surface area contributed by atoms with Gasteiger partial charge in [0.1, 0.15) is 0 Å². The van der Waals surface area contributed by atoms with Crippen LogP contribution in [0.4, 0.5) is 4.79 Å². The van der Waals surface area contributed by atoms with Gasteiger partial charge in [0, 0.05) is 26.2 Å². The maximum Gasteiger partial charge on any atom is 0.319 e. The van der Waals surface area contributed by atoms with Crippen molar-refractivity contribution in [2.45, 2.75) is 57.4 Å². The van der Waals surface area contributed by atoms with Crippen molar-refractivity contribution in [1.29, 1.82) is 0 Å². The summed E-state index contributed by atoms with van der Waals surface area (Å²) in [5.41, 5.74) is 5.88. The first-order valence-electron chi connectivity index (χ1n) is 7.96. The summed E-state index contributed by atoms with van der Waals surface area (Å²) in [5.74, 6) is 0.495. The van der Waals surface area contributed by atoms with Crippen LogP contribution in [-0.4, -0.2) is 48.6 Å². The monoisotopic (exact) mass is 267 g/mol. The predicted molar refractivity (Wildman–Crippen MR) is 78.0 cm³/mol. The van der Waals surface area contributed by atoms with Crippen LogP contribution in [0.2, 0.25) is 0 Å². The Labute approximate surface area is 117 Å². The van der Waals surface area contributed by atoms with Crippen molar-refractivity contribution in [3.63, 3.8) is 0 Å². The number of rotatable bonds is 2. The second-order valence-electron chi connectivity index (χ2n) is 6.14. The minimum atomic E-state index is 0.229. The van der Waals surface area contributed by atoms with Crippen molar-refractivity contribution in [3.05, 3.63) is 0 Å². The van der Waals surface area contributed by atoms with E-state index in [1.54, 1.807) is 0 Å². The van der Waals surface area contributed by atoms with E-state index in [4.69, 9.17) is 5.73 Å². The van der Waals surface area contributed by atoms with Crippen LogP contribution in [-0.2, 0) is 0 Å². The highest BCUT2D eigenvalue weighted by Gasteiger charge is 2.31. The maximum absolute atomic E-state index is 12.6. The molecule has 1 heterocycles. The fourth-order valence-electron chi connectivity index (χ4n) is 3.60. The number of likely N-dealkylation sites (tertiary alicyclic amines) is 1. The Morgan fingerprint density at radius 1 is 1.11 bits per heavy atom. The zero-order chi connectivity index (χ0) is 13.7. The molecule has 2 atom stereocenters. The van der Waals surface area contributed by atoms with E-state index in [9.17, 15) is 4.79 Å². The molecule has 2 fully saturated rings. The number of nitrogens with zero attached hydrogens (tertiary/aromatic N) is 2. The van der Waals surface area contributed by atoms with Gasteiger partial charge in [0.25, 0.3) is 0 Å². The molecular weight excluding hydrogens is 238 g/mol. The third-order valence-electron chi connectivity index (χ3n) is 4.85. The molecule has 4 heteroatoms. The maximum atomic E-state index is 12.6. The Bertz CT molecular complexity index is 287. The zero-order valence-corrected chi connectivity index (χ0v) is 12.3. The smallest absolute Gasteiger partial charge is 0.319 e. The van der Waals surface area contributed by atoms with Gasteiger partial charge in [0.05, 0.1) is 0 Å². The summed E-state index contributed by atoms with van der Waals surface area (Å²) in [6, 6.07) is 0.585. The van der Waals surface area contributed by atoms with Gasteiger partial charge in [-0.1, -0.05) is 25.7 Å². The highest BCUT2D eigenvalue weighted by molar-refractivity contribution is 5.74. The van der Waals surface area contributed by atoms with E-state index in [-0.39, 0.29) is 6.03 Å². The summed E-state index contributed by atoms with van der Waals surface area (Å²) >= 11 is 0. The van der Waals surface area contributed by atoms with Gasteiger partial charge in [-0.05, 0) is 38.1 Å². The van der Waals surface area contributed by atoms with Gasteiger partial charge in [-0.2, -0.15) is 0 Å². The summed E-state index contributed by atoms with van der Waals surface area (Å²) in [6.07, 6.45) is 9.65. The second kappa shape index (κ2) is 7.13. The Morgan fingerprint density at radius 3 is 2.37 bits per heavy atom. The van der Waals surface area contributed by atoms with Crippen LogP contribution >= 0.6 is 0 Å². The standard InChI is InChI=1S/C15H29N3O/c1-17(14-9-5-4-8-13(14)12-16)15(19)18-10-6-2-3-7-11-18/h13-14H,2-12,16H2,1H3. The van der Waals surface area contributed by atoms with Gasteiger partial charge in [0.2, 0.25) is 0 Å². The van der Waals surface area contributed by atoms with Crippen molar-refractivity contribution >= 4 is 6.03 Å². The molecule has 1 aliphatic heterocycles. The minimum Gasteiger partial charge on any atom is -0.330 e. The molecule has 1 saturated heterocycles. The van der Waals surface area contributed by atoms with E-state index in [0.29, 0.717) is 18.5 Å². The van der Waals surface area contributed by atoms with Crippen LogP contribution in [0.3, 0.4) is 0 Å². The summed E-state index contributed by atoms with van der Waals surface area (Å²) in [4.78, 5) is 16.7. The molecule has 0 aromatic heterocycles. The van der Waals surface area contributed by atoms with E-state index in [1.165, 1.54) is 32.1 Å². The number of hydrogen-bond acceptors (Lipinski definition) is 2. The highest BCUT2D eigenvalue weighted by atomic mass is 16.2. The molecule has 1 aliphatic carbocycles. The van der Waals surface area contributed by atoms with Crippen LogP contribution < -0.4 is 5.73 Å². The molecule has 0 radical (unpaired) electrons. The number of carbonyl (C=O) groups excluding carboxylic acids is 1. The van der Waals surface area contributed by atoms with Crippen LogP contribution in [0.15, 0.2) is 0 Å². The van der Waals surface area contributed by atoms with Gasteiger partial charge >= 0.3 is 6.03 Å². The molecule has 0 bridgehead atoms. The Balaban J connectivity index is 1.96. The van der Waals surface area contributed by atoms with Gasteiger partial charge in [0.15, 0.2) is 0 Å². The number of hydrogen-bond donors (Lipinski definition) is 1. The fourth-order valence-corrected chi connectivity index (χ4v) is 3.60. The lowest BCUT2D eigenvalue weighted by molar-refractivity contribution is 0.112. The Kier molecular flexibility index (Phi) is 5.49. The lowest BCUT2D eigenvalue weighted by Gasteiger charge is -2.39. The quantitative estimate of drug-likeness (QED) is 0.835. The number of carbonyl (C=O) groups is 1. The van der Waals surface area contributed by atoms with Crippen LogP contribution in [0.1, 0.15) is 51.4 Å². The van der Waals surface area contributed by atoms with Crippen molar-refractivity contribution < 1.29 is 4.79 Å². The largest absolute Gasteiger partial charge is 0.330 e. The predicted octanol–water partition coefficient (Wildman–Crippen LogP) is 2.43. The molecule has 0 aromatic rings. The highest BCUT2D eigenvalue weighted by Crippen LogP contribution is 2.28. The van der Waals surface area contributed by atoms with Gasteiger partial charge < -0.3 is 15.5 Å². The first-order valence-corrected chi connectivity index (χ1v) is 7.96. The molecule has 2 unspecified atom stereocenters. The Hall–Kier alpha value is -0.770. The first kappa shape index (κ1) is 14.6. The molecular formula is C15H29N3O. The van der Waals surface area contributed by atoms with Crippen molar-refractivity contribution in [1.82, 2.24) is 9.80 Å². The molecule has 2 rings (SSSR count). The molecule has 4 nitrogen and oxygen atoms in total. The second-order valence-corrected chi connectivity index (χ2v) is 6.14. The fraction of sp³-hybridized carbons (Fsp3) is 0.933.